The number of hydrogen-bond acceptors (Lipinski definition) is 3. The lowest BCUT2D eigenvalue weighted by molar-refractivity contribution is -0.136. The van der Waals surface area contributed by atoms with Crippen LogP contribution < -0.4 is 5.73 Å². The Balaban J connectivity index is 2.68. The molecule has 3 nitrogen and oxygen atoms in total. The molecule has 0 aliphatic rings. The summed E-state index contributed by atoms with van der Waals surface area (Å²) in [5.41, 5.74) is 7.67. The van der Waals surface area contributed by atoms with Gasteiger partial charge in [-0.2, -0.15) is 0 Å². The number of anilines is 1. The molecule has 1 aromatic rings. The molecule has 0 heterocycles. The predicted molar refractivity (Wildman–Crippen MR) is 63.2 cm³/mol. The molecular weight excluding hydrogens is 210 g/mol. The van der Waals surface area contributed by atoms with Crippen LogP contribution in [0.15, 0.2) is 23.1 Å². The zero-order valence-electron chi connectivity index (χ0n) is 8.86. The van der Waals surface area contributed by atoms with E-state index in [2.05, 4.69) is 0 Å². The van der Waals surface area contributed by atoms with E-state index in [1.807, 2.05) is 32.0 Å². The highest BCUT2D eigenvalue weighted by molar-refractivity contribution is 8.00. The summed E-state index contributed by atoms with van der Waals surface area (Å²) < 4.78 is 0. The zero-order chi connectivity index (χ0) is 11.4. The summed E-state index contributed by atoms with van der Waals surface area (Å²) >= 11 is 1.50. The van der Waals surface area contributed by atoms with Gasteiger partial charge in [0.05, 0.1) is 6.42 Å². The van der Waals surface area contributed by atoms with Crippen LogP contribution in [-0.4, -0.2) is 16.3 Å². The Kier molecular flexibility index (Phi) is 4.03. The normalized spacial score (nSPS) is 12.4. The average molecular weight is 225 g/mol. The van der Waals surface area contributed by atoms with E-state index in [1.165, 1.54) is 11.8 Å². The summed E-state index contributed by atoms with van der Waals surface area (Å²) in [6.45, 7) is 3.86. The number of nitrogen functional groups attached to an aromatic ring is 1. The largest absolute Gasteiger partial charge is 0.481 e. The maximum absolute atomic E-state index is 10.5. The Morgan fingerprint density at radius 2 is 2.27 bits per heavy atom. The quantitative estimate of drug-likeness (QED) is 0.610. The number of aryl methyl sites for hydroxylation is 1. The Morgan fingerprint density at radius 1 is 1.60 bits per heavy atom. The molecule has 0 spiro atoms. The first-order valence-electron chi connectivity index (χ1n) is 4.73. The molecule has 0 fully saturated rings. The second-order valence-electron chi connectivity index (χ2n) is 3.57. The van der Waals surface area contributed by atoms with Gasteiger partial charge in [-0.1, -0.05) is 13.0 Å². The summed E-state index contributed by atoms with van der Waals surface area (Å²) in [4.78, 5) is 11.4. The second kappa shape index (κ2) is 5.07. The molecule has 0 amide bonds. The fraction of sp³-hybridized carbons (Fsp3) is 0.364. The predicted octanol–water partition coefficient (Wildman–Crippen LogP) is 2.53. The first kappa shape index (κ1) is 11.9. The molecule has 4 heteroatoms. The van der Waals surface area contributed by atoms with E-state index in [-0.39, 0.29) is 11.7 Å². The van der Waals surface area contributed by atoms with Gasteiger partial charge >= 0.3 is 5.97 Å². The monoisotopic (exact) mass is 225 g/mol. The summed E-state index contributed by atoms with van der Waals surface area (Å²) in [6, 6.07) is 5.82. The molecule has 0 aliphatic heterocycles. The fourth-order valence-corrected chi connectivity index (χ4v) is 2.28. The lowest BCUT2D eigenvalue weighted by atomic mass is 10.2. The van der Waals surface area contributed by atoms with Crippen LogP contribution in [0.2, 0.25) is 0 Å². The van der Waals surface area contributed by atoms with E-state index in [9.17, 15) is 4.79 Å². The molecule has 0 unspecified atom stereocenters. The number of thioether (sulfide) groups is 1. The van der Waals surface area contributed by atoms with Crippen LogP contribution in [-0.2, 0) is 4.79 Å². The minimum Gasteiger partial charge on any atom is -0.481 e. The highest BCUT2D eigenvalue weighted by atomic mass is 32.2. The van der Waals surface area contributed by atoms with Crippen molar-refractivity contribution in [1.82, 2.24) is 0 Å². The molecule has 0 saturated carbocycles. The number of nitrogens with two attached hydrogens (primary N) is 1. The molecule has 0 aliphatic carbocycles. The van der Waals surface area contributed by atoms with Gasteiger partial charge < -0.3 is 10.8 Å². The number of aliphatic carboxylic acids is 1. The number of rotatable bonds is 4. The van der Waals surface area contributed by atoms with Crippen molar-refractivity contribution < 1.29 is 9.90 Å². The third kappa shape index (κ3) is 3.83. The SMILES string of the molecule is Cc1ccc(S[C@@H](C)CC(=O)O)c(N)c1. The van der Waals surface area contributed by atoms with Gasteiger partial charge in [-0.05, 0) is 24.6 Å². The highest BCUT2D eigenvalue weighted by Gasteiger charge is 2.10. The van der Waals surface area contributed by atoms with Gasteiger partial charge in [0, 0.05) is 15.8 Å². The molecule has 0 saturated heterocycles. The van der Waals surface area contributed by atoms with Gasteiger partial charge in [0.1, 0.15) is 0 Å². The van der Waals surface area contributed by atoms with Gasteiger partial charge in [-0.15, -0.1) is 11.8 Å². The summed E-state index contributed by atoms with van der Waals surface area (Å²) in [7, 11) is 0. The summed E-state index contributed by atoms with van der Waals surface area (Å²) in [5.74, 6) is -0.777. The first-order chi connectivity index (χ1) is 6.99. The number of benzene rings is 1. The highest BCUT2D eigenvalue weighted by Crippen LogP contribution is 2.30. The van der Waals surface area contributed by atoms with Crippen molar-refractivity contribution in [3.05, 3.63) is 23.8 Å². The topological polar surface area (TPSA) is 63.3 Å². The molecule has 1 rings (SSSR count). The van der Waals surface area contributed by atoms with Gasteiger partial charge in [0.15, 0.2) is 0 Å². The van der Waals surface area contributed by atoms with E-state index in [0.29, 0.717) is 0 Å². The third-order valence-electron chi connectivity index (χ3n) is 1.96. The summed E-state index contributed by atoms with van der Waals surface area (Å²) in [6.07, 6.45) is 0.151. The van der Waals surface area contributed by atoms with Crippen LogP contribution in [0.25, 0.3) is 0 Å². The fourth-order valence-electron chi connectivity index (χ4n) is 1.28. The molecule has 1 aromatic carbocycles. The number of carboxylic acid groups (broad SMARTS) is 1. The summed E-state index contributed by atoms with van der Waals surface area (Å²) in [5, 5.41) is 8.67. The van der Waals surface area contributed by atoms with E-state index in [1.54, 1.807) is 0 Å². The molecule has 0 bridgehead atoms. The van der Waals surface area contributed by atoms with E-state index in [4.69, 9.17) is 10.8 Å². The van der Waals surface area contributed by atoms with Crippen molar-refractivity contribution in [3.8, 4) is 0 Å². The van der Waals surface area contributed by atoms with Crippen molar-refractivity contribution >= 4 is 23.4 Å². The number of carboxylic acids is 1. The minimum atomic E-state index is -0.777. The standard InChI is InChI=1S/C11H15NO2S/c1-7-3-4-10(9(12)5-7)15-8(2)6-11(13)14/h3-5,8H,6,12H2,1-2H3,(H,13,14)/t8-/m0/s1. The Bertz CT molecular complexity index is 366. The van der Waals surface area contributed by atoms with Crippen molar-refractivity contribution in [1.29, 1.82) is 0 Å². The van der Waals surface area contributed by atoms with Crippen molar-refractivity contribution in [3.63, 3.8) is 0 Å². The Morgan fingerprint density at radius 3 is 2.80 bits per heavy atom. The number of hydrogen-bond donors (Lipinski definition) is 2. The van der Waals surface area contributed by atoms with Gasteiger partial charge in [-0.25, -0.2) is 0 Å². The minimum absolute atomic E-state index is 0.0347. The molecule has 15 heavy (non-hydrogen) atoms. The van der Waals surface area contributed by atoms with E-state index >= 15 is 0 Å². The van der Waals surface area contributed by atoms with Crippen molar-refractivity contribution in [2.45, 2.75) is 30.4 Å². The molecule has 0 aromatic heterocycles. The molecule has 1 atom stereocenters. The molecule has 82 valence electrons. The van der Waals surface area contributed by atoms with E-state index < -0.39 is 5.97 Å². The van der Waals surface area contributed by atoms with Crippen LogP contribution in [0, 0.1) is 6.92 Å². The molecule has 3 N–H and O–H groups in total. The van der Waals surface area contributed by atoms with Crippen LogP contribution >= 0.6 is 11.8 Å². The smallest absolute Gasteiger partial charge is 0.304 e. The van der Waals surface area contributed by atoms with Crippen LogP contribution in [0.3, 0.4) is 0 Å². The molecular formula is C11H15NO2S. The van der Waals surface area contributed by atoms with Crippen LogP contribution in [0.1, 0.15) is 18.9 Å². The number of carbonyl (C=O) groups is 1. The maximum Gasteiger partial charge on any atom is 0.304 e. The Hall–Kier alpha value is -1.16. The second-order valence-corrected chi connectivity index (χ2v) is 5.05. The van der Waals surface area contributed by atoms with E-state index in [0.717, 1.165) is 16.1 Å². The van der Waals surface area contributed by atoms with Crippen molar-refractivity contribution in [2.75, 3.05) is 5.73 Å². The average Bonchev–Trinajstić information content (AvgIpc) is 2.08. The van der Waals surface area contributed by atoms with Gasteiger partial charge in [0.2, 0.25) is 0 Å². The third-order valence-corrected chi connectivity index (χ3v) is 3.15. The lowest BCUT2D eigenvalue weighted by Crippen LogP contribution is -2.05. The van der Waals surface area contributed by atoms with Gasteiger partial charge in [-0.3, -0.25) is 4.79 Å². The zero-order valence-corrected chi connectivity index (χ0v) is 9.67. The molecule has 0 radical (unpaired) electrons. The van der Waals surface area contributed by atoms with Crippen molar-refractivity contribution in [2.24, 2.45) is 0 Å². The van der Waals surface area contributed by atoms with Crippen LogP contribution in [0.4, 0.5) is 5.69 Å². The van der Waals surface area contributed by atoms with Crippen LogP contribution in [0.5, 0.6) is 0 Å². The lowest BCUT2D eigenvalue weighted by Gasteiger charge is -2.10. The van der Waals surface area contributed by atoms with Gasteiger partial charge in [0.25, 0.3) is 0 Å². The Labute approximate surface area is 93.7 Å². The maximum atomic E-state index is 10.5. The first-order valence-corrected chi connectivity index (χ1v) is 5.61.